The smallest absolute Gasteiger partial charge is 0.259 e. The minimum atomic E-state index is -0.142. The Morgan fingerprint density at radius 1 is 1.00 bits per heavy atom. The van der Waals surface area contributed by atoms with Crippen LogP contribution in [0.3, 0.4) is 0 Å². The summed E-state index contributed by atoms with van der Waals surface area (Å²) < 4.78 is 10.8. The highest BCUT2D eigenvalue weighted by Gasteiger charge is 2.07. The minimum Gasteiger partial charge on any atom is -0.494 e. The molecule has 1 amide bonds. The lowest BCUT2D eigenvalue weighted by atomic mass is 10.1. The van der Waals surface area contributed by atoms with Crippen LogP contribution >= 0.6 is 0 Å². The van der Waals surface area contributed by atoms with Crippen LogP contribution in [0.5, 0.6) is 11.5 Å². The van der Waals surface area contributed by atoms with Crippen LogP contribution in [0.15, 0.2) is 54.6 Å². The number of nitrogens with zero attached hydrogens (tertiary/aromatic N) is 1. The van der Waals surface area contributed by atoms with Crippen molar-refractivity contribution in [3.8, 4) is 11.5 Å². The van der Waals surface area contributed by atoms with E-state index in [2.05, 4.69) is 0 Å². The predicted molar refractivity (Wildman–Crippen MR) is 102 cm³/mol. The summed E-state index contributed by atoms with van der Waals surface area (Å²) in [6.45, 7) is 2.49. The van der Waals surface area contributed by atoms with E-state index in [-0.39, 0.29) is 18.3 Å². The molecule has 26 heavy (non-hydrogen) atoms. The van der Waals surface area contributed by atoms with Gasteiger partial charge in [-0.05, 0) is 42.8 Å². The van der Waals surface area contributed by atoms with Gasteiger partial charge in [-0.15, -0.1) is 0 Å². The normalized spacial score (nSPS) is 10.6. The average molecular weight is 353 g/mol. The molecule has 2 rings (SSSR count). The molecule has 0 aromatic heterocycles. The van der Waals surface area contributed by atoms with Gasteiger partial charge in [-0.25, -0.2) is 0 Å². The molecule has 0 saturated carbocycles. The summed E-state index contributed by atoms with van der Waals surface area (Å²) >= 11 is 0. The van der Waals surface area contributed by atoms with E-state index in [1.807, 2.05) is 31.2 Å². The average Bonchev–Trinajstić information content (AvgIpc) is 2.65. The van der Waals surface area contributed by atoms with Crippen LogP contribution in [0.25, 0.3) is 6.08 Å². The summed E-state index contributed by atoms with van der Waals surface area (Å²) in [4.78, 5) is 25.4. The number of rotatable bonds is 8. The Balaban J connectivity index is 2.00. The van der Waals surface area contributed by atoms with Crippen molar-refractivity contribution in [1.82, 2.24) is 4.90 Å². The Morgan fingerprint density at radius 2 is 1.73 bits per heavy atom. The molecule has 0 fully saturated rings. The standard InChI is InChI=1S/C21H23NO4/c1-4-25-18-11-8-16(9-12-18)10-13-20(23)17-6-5-7-19(14-17)26-15-21(24)22(2)3/h5-14H,4,15H2,1-3H3/b13-10+. The van der Waals surface area contributed by atoms with Crippen LogP contribution in [-0.4, -0.2) is 43.9 Å². The summed E-state index contributed by atoms with van der Waals surface area (Å²) in [5.41, 5.74) is 1.41. The molecule has 0 aliphatic heterocycles. The molecular weight excluding hydrogens is 330 g/mol. The number of amides is 1. The van der Waals surface area contributed by atoms with Crippen LogP contribution in [0.1, 0.15) is 22.8 Å². The predicted octanol–water partition coefficient (Wildman–Crippen LogP) is 3.45. The monoisotopic (exact) mass is 353 g/mol. The van der Waals surface area contributed by atoms with E-state index in [9.17, 15) is 9.59 Å². The zero-order chi connectivity index (χ0) is 18.9. The van der Waals surface area contributed by atoms with Crippen molar-refractivity contribution >= 4 is 17.8 Å². The van der Waals surface area contributed by atoms with E-state index >= 15 is 0 Å². The van der Waals surface area contributed by atoms with Crippen LogP contribution in [0, 0.1) is 0 Å². The lowest BCUT2D eigenvalue weighted by Crippen LogP contribution is -2.27. The SMILES string of the molecule is CCOc1ccc(/C=C/C(=O)c2cccc(OCC(=O)N(C)C)c2)cc1. The molecule has 0 aliphatic rings. The van der Waals surface area contributed by atoms with Crippen molar-refractivity contribution in [2.75, 3.05) is 27.3 Å². The van der Waals surface area contributed by atoms with Gasteiger partial charge in [0.15, 0.2) is 12.4 Å². The minimum absolute atomic E-state index is 0.0628. The fraction of sp³-hybridized carbons (Fsp3) is 0.238. The fourth-order valence-corrected chi connectivity index (χ4v) is 2.12. The lowest BCUT2D eigenvalue weighted by molar-refractivity contribution is -0.130. The van der Waals surface area contributed by atoms with Gasteiger partial charge in [0.05, 0.1) is 6.61 Å². The van der Waals surface area contributed by atoms with E-state index < -0.39 is 0 Å². The molecule has 0 saturated heterocycles. The van der Waals surface area contributed by atoms with Crippen LogP contribution in [-0.2, 0) is 4.79 Å². The molecule has 2 aromatic carbocycles. The van der Waals surface area contributed by atoms with E-state index in [4.69, 9.17) is 9.47 Å². The molecule has 0 radical (unpaired) electrons. The summed E-state index contributed by atoms with van der Waals surface area (Å²) in [5, 5.41) is 0. The Bertz CT molecular complexity index is 779. The lowest BCUT2D eigenvalue weighted by Gasteiger charge is -2.11. The molecule has 0 unspecified atom stereocenters. The third-order valence-corrected chi connectivity index (χ3v) is 3.60. The quantitative estimate of drug-likeness (QED) is 0.539. The van der Waals surface area contributed by atoms with Gasteiger partial charge in [-0.2, -0.15) is 0 Å². The summed E-state index contributed by atoms with van der Waals surface area (Å²) in [7, 11) is 3.33. The van der Waals surface area contributed by atoms with Crippen molar-refractivity contribution in [2.45, 2.75) is 6.92 Å². The zero-order valence-corrected chi connectivity index (χ0v) is 15.3. The van der Waals surface area contributed by atoms with Gasteiger partial charge in [0.2, 0.25) is 0 Å². The van der Waals surface area contributed by atoms with E-state index in [1.54, 1.807) is 44.4 Å². The second-order valence-corrected chi connectivity index (χ2v) is 5.80. The van der Waals surface area contributed by atoms with Crippen molar-refractivity contribution < 1.29 is 19.1 Å². The number of allylic oxidation sites excluding steroid dienone is 1. The van der Waals surface area contributed by atoms with Crippen molar-refractivity contribution in [3.63, 3.8) is 0 Å². The van der Waals surface area contributed by atoms with Crippen molar-refractivity contribution in [2.24, 2.45) is 0 Å². The highest BCUT2D eigenvalue weighted by Crippen LogP contribution is 2.16. The highest BCUT2D eigenvalue weighted by atomic mass is 16.5. The molecule has 5 heteroatoms. The van der Waals surface area contributed by atoms with Gasteiger partial charge in [0.25, 0.3) is 5.91 Å². The summed E-state index contributed by atoms with van der Waals surface area (Å²) in [5.74, 6) is 1.01. The highest BCUT2D eigenvalue weighted by molar-refractivity contribution is 6.07. The molecular formula is C21H23NO4. The first kappa shape index (κ1) is 19.2. The number of benzene rings is 2. The van der Waals surface area contributed by atoms with Gasteiger partial charge in [-0.1, -0.05) is 30.3 Å². The fourth-order valence-electron chi connectivity index (χ4n) is 2.12. The maximum atomic E-state index is 12.3. The first-order chi connectivity index (χ1) is 12.5. The van der Waals surface area contributed by atoms with E-state index in [0.29, 0.717) is 17.9 Å². The number of hydrogen-bond acceptors (Lipinski definition) is 4. The first-order valence-electron chi connectivity index (χ1n) is 8.38. The Kier molecular flexibility index (Phi) is 6.97. The number of hydrogen-bond donors (Lipinski definition) is 0. The molecule has 5 nitrogen and oxygen atoms in total. The van der Waals surface area contributed by atoms with Crippen molar-refractivity contribution in [3.05, 3.63) is 65.7 Å². The maximum Gasteiger partial charge on any atom is 0.259 e. The Morgan fingerprint density at radius 3 is 2.38 bits per heavy atom. The van der Waals surface area contributed by atoms with E-state index in [0.717, 1.165) is 11.3 Å². The number of likely N-dealkylation sites (N-methyl/N-ethyl adjacent to an activating group) is 1. The number of carbonyl (C=O) groups is 2. The Labute approximate surface area is 153 Å². The third kappa shape index (κ3) is 5.77. The van der Waals surface area contributed by atoms with Gasteiger partial charge < -0.3 is 14.4 Å². The number of ketones is 1. The molecule has 0 bridgehead atoms. The summed E-state index contributed by atoms with van der Waals surface area (Å²) in [6, 6.07) is 14.3. The molecule has 136 valence electrons. The second kappa shape index (κ2) is 9.42. The maximum absolute atomic E-state index is 12.3. The first-order valence-corrected chi connectivity index (χ1v) is 8.38. The molecule has 2 aromatic rings. The largest absolute Gasteiger partial charge is 0.494 e. The van der Waals surface area contributed by atoms with Gasteiger partial charge in [-0.3, -0.25) is 9.59 Å². The molecule has 0 spiro atoms. The zero-order valence-electron chi connectivity index (χ0n) is 15.3. The number of ether oxygens (including phenoxy) is 2. The topological polar surface area (TPSA) is 55.8 Å². The van der Waals surface area contributed by atoms with Gasteiger partial charge in [0, 0.05) is 19.7 Å². The molecule has 0 atom stereocenters. The van der Waals surface area contributed by atoms with Crippen LogP contribution < -0.4 is 9.47 Å². The van der Waals surface area contributed by atoms with Crippen LogP contribution in [0.2, 0.25) is 0 Å². The molecule has 0 N–H and O–H groups in total. The second-order valence-electron chi connectivity index (χ2n) is 5.80. The van der Waals surface area contributed by atoms with Gasteiger partial charge in [0.1, 0.15) is 11.5 Å². The number of carbonyl (C=O) groups excluding carboxylic acids is 2. The third-order valence-electron chi connectivity index (χ3n) is 3.60. The van der Waals surface area contributed by atoms with Gasteiger partial charge >= 0.3 is 0 Å². The van der Waals surface area contributed by atoms with Crippen molar-refractivity contribution in [1.29, 1.82) is 0 Å². The molecule has 0 heterocycles. The summed E-state index contributed by atoms with van der Waals surface area (Å²) in [6.07, 6.45) is 3.26. The van der Waals surface area contributed by atoms with Crippen LogP contribution in [0.4, 0.5) is 0 Å². The van der Waals surface area contributed by atoms with E-state index in [1.165, 1.54) is 11.0 Å². The Hall–Kier alpha value is -3.08. The molecule has 0 aliphatic carbocycles.